The number of amides is 1. The van der Waals surface area contributed by atoms with Crippen molar-refractivity contribution in [1.29, 1.82) is 0 Å². The van der Waals surface area contributed by atoms with Gasteiger partial charge in [-0.2, -0.15) is 0 Å². The average molecular weight is 339 g/mol. The highest BCUT2D eigenvalue weighted by Crippen LogP contribution is 2.44. The lowest BCUT2D eigenvalue weighted by atomic mass is 9.98. The highest BCUT2D eigenvalue weighted by atomic mass is 16.5. The van der Waals surface area contributed by atoms with Crippen LogP contribution in [0.1, 0.15) is 30.4 Å². The number of carbonyl (C=O) groups excluding carboxylic acids is 1. The Bertz CT molecular complexity index is 741. The van der Waals surface area contributed by atoms with E-state index >= 15 is 0 Å². The number of carboxylic acid groups (broad SMARTS) is 1. The van der Waals surface area contributed by atoms with Crippen molar-refractivity contribution in [3.63, 3.8) is 0 Å². The number of fused-ring (bicyclic) bond motifs is 3. The number of ether oxygens (including phenoxy) is 1. The number of rotatable bonds is 6. The van der Waals surface area contributed by atoms with Gasteiger partial charge in [0.15, 0.2) is 0 Å². The lowest BCUT2D eigenvalue weighted by Gasteiger charge is -2.15. The van der Waals surface area contributed by atoms with Gasteiger partial charge in [0.1, 0.15) is 6.61 Å². The second-order valence-electron chi connectivity index (χ2n) is 6.28. The third-order valence-electron chi connectivity index (χ3n) is 4.61. The number of aliphatic carboxylic acids is 1. The van der Waals surface area contributed by atoms with Gasteiger partial charge in [0.25, 0.3) is 0 Å². The minimum Gasteiger partial charge on any atom is -0.481 e. The third-order valence-corrected chi connectivity index (χ3v) is 4.61. The largest absolute Gasteiger partial charge is 0.481 e. The minimum absolute atomic E-state index is 0.0242. The monoisotopic (exact) mass is 339 g/mol. The van der Waals surface area contributed by atoms with Crippen LogP contribution in [-0.4, -0.2) is 30.3 Å². The summed E-state index contributed by atoms with van der Waals surface area (Å²) in [7, 11) is 0. The number of alkyl carbamates (subject to hydrolysis) is 1. The highest BCUT2D eigenvalue weighted by molar-refractivity contribution is 5.79. The molecule has 1 aliphatic carbocycles. The molecular formula is C20H21NO4. The smallest absolute Gasteiger partial charge is 0.407 e. The first-order valence-electron chi connectivity index (χ1n) is 8.39. The van der Waals surface area contributed by atoms with Crippen LogP contribution in [0.2, 0.25) is 0 Å². The molecule has 0 fully saturated rings. The van der Waals surface area contributed by atoms with Gasteiger partial charge < -0.3 is 15.2 Å². The molecule has 2 aromatic carbocycles. The molecule has 2 N–H and O–H groups in total. The molecule has 1 amide bonds. The molecule has 0 saturated carbocycles. The Morgan fingerprint density at radius 3 is 2.20 bits per heavy atom. The van der Waals surface area contributed by atoms with Crippen LogP contribution >= 0.6 is 0 Å². The predicted molar refractivity (Wildman–Crippen MR) is 94.5 cm³/mol. The zero-order valence-corrected chi connectivity index (χ0v) is 14.1. The van der Waals surface area contributed by atoms with Crippen molar-refractivity contribution in [2.75, 3.05) is 13.2 Å². The number of nitrogens with one attached hydrogen (secondary N) is 1. The van der Waals surface area contributed by atoms with Crippen molar-refractivity contribution in [3.05, 3.63) is 59.7 Å². The number of hydrogen-bond donors (Lipinski definition) is 2. The Morgan fingerprint density at radius 1 is 1.08 bits per heavy atom. The van der Waals surface area contributed by atoms with E-state index in [9.17, 15) is 9.59 Å². The molecule has 0 spiro atoms. The Hall–Kier alpha value is -2.82. The Kier molecular flexibility index (Phi) is 5.03. The summed E-state index contributed by atoms with van der Waals surface area (Å²) in [5.41, 5.74) is 4.69. The van der Waals surface area contributed by atoms with Crippen LogP contribution in [0.15, 0.2) is 48.5 Å². The van der Waals surface area contributed by atoms with Crippen molar-refractivity contribution >= 4 is 12.1 Å². The first kappa shape index (κ1) is 17.0. The van der Waals surface area contributed by atoms with Gasteiger partial charge in [-0.1, -0.05) is 55.5 Å². The first-order chi connectivity index (χ1) is 12.1. The molecule has 25 heavy (non-hydrogen) atoms. The fourth-order valence-electron chi connectivity index (χ4n) is 3.16. The summed E-state index contributed by atoms with van der Waals surface area (Å²) >= 11 is 0. The summed E-state index contributed by atoms with van der Waals surface area (Å²) in [6.45, 7) is 2.15. The van der Waals surface area contributed by atoms with Gasteiger partial charge in [-0.3, -0.25) is 4.79 Å². The molecule has 0 heterocycles. The van der Waals surface area contributed by atoms with Crippen molar-refractivity contribution in [1.82, 2.24) is 5.32 Å². The van der Waals surface area contributed by atoms with Crippen LogP contribution in [0.5, 0.6) is 0 Å². The molecule has 5 nitrogen and oxygen atoms in total. The summed E-state index contributed by atoms with van der Waals surface area (Å²) in [4.78, 5) is 22.7. The van der Waals surface area contributed by atoms with Gasteiger partial charge in [-0.05, 0) is 28.7 Å². The number of benzene rings is 2. The van der Waals surface area contributed by atoms with Gasteiger partial charge in [-0.25, -0.2) is 4.79 Å². The highest BCUT2D eigenvalue weighted by Gasteiger charge is 2.28. The molecule has 0 aliphatic heterocycles. The standard InChI is InChI=1S/C20H21NO4/c1-13(19(22)23)10-11-21-20(24)25-12-18-16-8-4-2-6-14(16)15-7-3-5-9-17(15)18/h2-9,13,18H,10-12H2,1H3,(H,21,24)(H,22,23)/t13-/m1/s1. The second-order valence-corrected chi connectivity index (χ2v) is 6.28. The molecule has 0 bridgehead atoms. The Morgan fingerprint density at radius 2 is 1.64 bits per heavy atom. The zero-order chi connectivity index (χ0) is 17.8. The fourth-order valence-corrected chi connectivity index (χ4v) is 3.16. The van der Waals surface area contributed by atoms with E-state index in [1.807, 2.05) is 24.3 Å². The van der Waals surface area contributed by atoms with E-state index in [0.29, 0.717) is 6.42 Å². The molecular weight excluding hydrogens is 318 g/mol. The quantitative estimate of drug-likeness (QED) is 0.842. The molecule has 0 saturated heterocycles. The van der Waals surface area contributed by atoms with Crippen LogP contribution in [0.3, 0.4) is 0 Å². The number of hydrogen-bond acceptors (Lipinski definition) is 3. The average Bonchev–Trinajstić information content (AvgIpc) is 2.94. The molecule has 5 heteroatoms. The van der Waals surface area contributed by atoms with E-state index in [0.717, 1.165) is 11.1 Å². The normalized spacial score (nSPS) is 13.6. The Balaban J connectivity index is 1.60. The van der Waals surface area contributed by atoms with E-state index < -0.39 is 18.0 Å². The molecule has 2 aromatic rings. The van der Waals surface area contributed by atoms with Crippen LogP contribution in [0.4, 0.5) is 4.79 Å². The number of carbonyl (C=O) groups is 2. The van der Waals surface area contributed by atoms with Crippen LogP contribution < -0.4 is 5.32 Å². The summed E-state index contributed by atoms with van der Waals surface area (Å²) in [6.07, 6.45) is -0.140. The van der Waals surface area contributed by atoms with Gasteiger partial charge in [0, 0.05) is 12.5 Å². The molecule has 3 rings (SSSR count). The summed E-state index contributed by atoms with van der Waals surface area (Å²) in [5.74, 6) is -1.33. The summed E-state index contributed by atoms with van der Waals surface area (Å²) < 4.78 is 5.38. The molecule has 1 aliphatic rings. The molecule has 1 atom stereocenters. The van der Waals surface area contributed by atoms with E-state index in [1.54, 1.807) is 6.92 Å². The maximum absolute atomic E-state index is 11.9. The van der Waals surface area contributed by atoms with E-state index in [-0.39, 0.29) is 19.1 Å². The van der Waals surface area contributed by atoms with Gasteiger partial charge in [0.2, 0.25) is 0 Å². The van der Waals surface area contributed by atoms with Crippen molar-refractivity contribution in [3.8, 4) is 11.1 Å². The van der Waals surface area contributed by atoms with Gasteiger partial charge in [-0.15, -0.1) is 0 Å². The molecule has 0 aromatic heterocycles. The first-order valence-corrected chi connectivity index (χ1v) is 8.39. The van der Waals surface area contributed by atoms with Gasteiger partial charge >= 0.3 is 12.1 Å². The summed E-state index contributed by atoms with van der Waals surface area (Å²) in [5, 5.41) is 11.5. The second kappa shape index (κ2) is 7.38. The van der Waals surface area contributed by atoms with Crippen LogP contribution in [0, 0.1) is 5.92 Å². The van der Waals surface area contributed by atoms with E-state index in [1.165, 1.54) is 11.1 Å². The van der Waals surface area contributed by atoms with Gasteiger partial charge in [0.05, 0.1) is 5.92 Å². The van der Waals surface area contributed by atoms with Crippen molar-refractivity contribution in [2.24, 2.45) is 5.92 Å². The molecule has 0 unspecified atom stereocenters. The van der Waals surface area contributed by atoms with Crippen LogP contribution in [0.25, 0.3) is 11.1 Å². The third kappa shape index (κ3) is 3.65. The lowest BCUT2D eigenvalue weighted by Crippen LogP contribution is -2.28. The summed E-state index contributed by atoms with van der Waals surface area (Å²) in [6, 6.07) is 16.3. The predicted octanol–water partition coefficient (Wildman–Crippen LogP) is 3.64. The molecule has 130 valence electrons. The SMILES string of the molecule is C[C@H](CCNC(=O)OCC1c2ccccc2-c2ccccc21)C(=O)O. The lowest BCUT2D eigenvalue weighted by molar-refractivity contribution is -0.141. The van der Waals surface area contributed by atoms with E-state index in [2.05, 4.69) is 29.6 Å². The maximum atomic E-state index is 11.9. The maximum Gasteiger partial charge on any atom is 0.407 e. The molecule has 0 radical (unpaired) electrons. The zero-order valence-electron chi connectivity index (χ0n) is 14.1. The topological polar surface area (TPSA) is 75.6 Å². The van der Waals surface area contributed by atoms with E-state index in [4.69, 9.17) is 9.84 Å². The minimum atomic E-state index is -0.866. The van der Waals surface area contributed by atoms with Crippen LogP contribution in [-0.2, 0) is 9.53 Å². The van der Waals surface area contributed by atoms with Crippen molar-refractivity contribution in [2.45, 2.75) is 19.3 Å². The fraction of sp³-hybridized carbons (Fsp3) is 0.300. The Labute approximate surface area is 146 Å². The number of carboxylic acids is 1. The van der Waals surface area contributed by atoms with Crippen molar-refractivity contribution < 1.29 is 19.4 Å².